The van der Waals surface area contributed by atoms with Crippen molar-refractivity contribution in [3.8, 4) is 0 Å². The van der Waals surface area contributed by atoms with E-state index in [0.29, 0.717) is 0 Å². The largest absolute Gasteiger partial charge is 0.381 e. The zero-order chi connectivity index (χ0) is 17.2. The van der Waals surface area contributed by atoms with E-state index in [2.05, 4.69) is 25.7 Å². The van der Waals surface area contributed by atoms with Crippen LogP contribution in [-0.4, -0.2) is 18.1 Å². The topological polar surface area (TPSA) is 22.1 Å². The van der Waals surface area contributed by atoms with E-state index in [4.69, 9.17) is 12.3 Å². The molecular formula is C10H12BrNO. The quantitative estimate of drug-likeness (QED) is 0.716. The summed E-state index contributed by atoms with van der Waals surface area (Å²) in [7, 11) is 0. The molecule has 1 aromatic heterocycles. The summed E-state index contributed by atoms with van der Waals surface area (Å²) in [6.45, 7) is -6.46. The summed E-state index contributed by atoms with van der Waals surface area (Å²) in [6.07, 6.45) is -6.41. The van der Waals surface area contributed by atoms with Crippen LogP contribution in [0.3, 0.4) is 0 Å². The highest BCUT2D eigenvalue weighted by Gasteiger charge is 2.16. The first kappa shape index (κ1) is 3.31. The van der Waals surface area contributed by atoms with Crippen LogP contribution in [0.1, 0.15) is 36.7 Å². The number of pyridine rings is 1. The summed E-state index contributed by atoms with van der Waals surface area (Å²) in [5.74, 6) is -2.98. The molecule has 0 N–H and O–H groups in total. The van der Waals surface area contributed by atoms with Gasteiger partial charge in [-0.2, -0.15) is 0 Å². The molecule has 0 atom stereocenters. The Morgan fingerprint density at radius 3 is 3.00 bits per heavy atom. The van der Waals surface area contributed by atoms with Gasteiger partial charge in [-0.25, -0.2) is 4.98 Å². The lowest BCUT2D eigenvalue weighted by molar-refractivity contribution is 0.0845. The Labute approximate surface area is 99.1 Å². The standard InChI is InChI=1S/C10H12BrNO/c11-10-3-1-2-9(12-10)8-4-6-13-7-5-8/h1-3,8H,4-7H2/i4D2,5D2,6D2,7D2,8D. The zero-order valence-electron chi connectivity index (χ0n) is 15.5. The van der Waals surface area contributed by atoms with Gasteiger partial charge in [-0.15, -0.1) is 0 Å². The van der Waals surface area contributed by atoms with Crippen LogP contribution in [0.5, 0.6) is 0 Å². The maximum Gasteiger partial charge on any atom is 0.106 e. The van der Waals surface area contributed by atoms with E-state index in [0.717, 1.165) is 6.07 Å². The second kappa shape index (κ2) is 4.20. The summed E-state index contributed by atoms with van der Waals surface area (Å²) in [5.41, 5.74) is -0.437. The highest BCUT2D eigenvalue weighted by Crippen LogP contribution is 2.25. The SMILES string of the molecule is [2H]C1([2H])OC([2H])([2H])C([2H])([2H])C([2H])(c2cccc(Br)n2)C1([2H])[2H]. The number of nitrogens with zero attached hydrogens (tertiary/aromatic N) is 1. The molecule has 1 aromatic rings. The van der Waals surface area contributed by atoms with Gasteiger partial charge in [0.2, 0.25) is 0 Å². The molecule has 0 amide bonds. The van der Waals surface area contributed by atoms with Gasteiger partial charge in [0.1, 0.15) is 4.60 Å². The molecule has 0 spiro atoms. The minimum Gasteiger partial charge on any atom is -0.381 e. The molecule has 0 unspecified atom stereocenters. The molecule has 1 fully saturated rings. The molecule has 1 aliphatic rings. The van der Waals surface area contributed by atoms with Crippen molar-refractivity contribution in [2.75, 3.05) is 13.1 Å². The van der Waals surface area contributed by atoms with Crippen molar-refractivity contribution in [3.63, 3.8) is 0 Å². The van der Waals surface area contributed by atoms with Crippen LogP contribution >= 0.6 is 15.9 Å². The van der Waals surface area contributed by atoms with E-state index < -0.39 is 37.5 Å². The van der Waals surface area contributed by atoms with E-state index >= 15 is 0 Å². The summed E-state index contributed by atoms with van der Waals surface area (Å²) < 4.78 is 75.2. The molecular weight excluding hydrogens is 230 g/mol. The van der Waals surface area contributed by atoms with Crippen molar-refractivity contribution in [2.45, 2.75) is 18.6 Å². The van der Waals surface area contributed by atoms with Gasteiger partial charge in [-0.3, -0.25) is 0 Å². The average Bonchev–Trinajstić information content (AvgIpc) is 2.34. The molecule has 1 saturated heterocycles. The van der Waals surface area contributed by atoms with Gasteiger partial charge in [-0.1, -0.05) is 6.07 Å². The first-order chi connectivity index (χ1) is 9.71. The highest BCUT2D eigenvalue weighted by molar-refractivity contribution is 9.10. The van der Waals surface area contributed by atoms with Crippen molar-refractivity contribution in [3.05, 3.63) is 28.5 Å². The molecule has 3 heteroatoms. The third-order valence-electron chi connectivity index (χ3n) is 1.43. The molecule has 2 heterocycles. The second-order valence-electron chi connectivity index (χ2n) is 2.28. The monoisotopic (exact) mass is 250 g/mol. The van der Waals surface area contributed by atoms with E-state index in [1.54, 1.807) is 0 Å². The third kappa shape index (κ3) is 2.29. The fraction of sp³-hybridized carbons (Fsp3) is 0.500. The Kier molecular flexibility index (Phi) is 1.07. The van der Waals surface area contributed by atoms with Crippen LogP contribution in [0, 0.1) is 0 Å². The number of hydrogen-bond acceptors (Lipinski definition) is 2. The van der Waals surface area contributed by atoms with Crippen molar-refractivity contribution in [1.29, 1.82) is 0 Å². The van der Waals surface area contributed by atoms with Crippen LogP contribution in [0.2, 0.25) is 0 Å². The van der Waals surface area contributed by atoms with E-state index in [1.165, 1.54) is 12.1 Å². The molecule has 0 aliphatic carbocycles. The average molecular weight is 251 g/mol. The van der Waals surface area contributed by atoms with E-state index in [-0.39, 0.29) is 4.60 Å². The van der Waals surface area contributed by atoms with Crippen molar-refractivity contribution in [1.82, 2.24) is 4.98 Å². The van der Waals surface area contributed by atoms with Gasteiger partial charge < -0.3 is 4.74 Å². The Hall–Kier alpha value is -0.410. The Balaban J connectivity index is 2.82. The van der Waals surface area contributed by atoms with Gasteiger partial charge in [0.05, 0.1) is 5.48 Å². The van der Waals surface area contributed by atoms with Gasteiger partial charge in [0.15, 0.2) is 0 Å². The van der Waals surface area contributed by atoms with Crippen molar-refractivity contribution >= 4 is 15.9 Å². The molecule has 0 saturated carbocycles. The fourth-order valence-corrected chi connectivity index (χ4v) is 1.23. The van der Waals surface area contributed by atoms with Gasteiger partial charge in [-0.05, 0) is 40.8 Å². The molecule has 0 radical (unpaired) electrons. The molecule has 0 bridgehead atoms. The maximum absolute atomic E-state index is 8.38. The van der Waals surface area contributed by atoms with Crippen molar-refractivity contribution in [2.24, 2.45) is 0 Å². The lowest BCUT2D eigenvalue weighted by atomic mass is 9.96. The van der Waals surface area contributed by atoms with Crippen molar-refractivity contribution < 1.29 is 17.1 Å². The minimum atomic E-state index is -3.23. The summed E-state index contributed by atoms with van der Waals surface area (Å²) in [4.78, 5) is 3.85. The Morgan fingerprint density at radius 2 is 2.31 bits per heavy atom. The fourth-order valence-electron chi connectivity index (χ4n) is 0.885. The lowest BCUT2D eigenvalue weighted by Crippen LogP contribution is -2.15. The highest BCUT2D eigenvalue weighted by atomic mass is 79.9. The molecule has 2 rings (SSSR count). The Bertz CT molecular complexity index is 580. The van der Waals surface area contributed by atoms with Crippen LogP contribution < -0.4 is 0 Å². The van der Waals surface area contributed by atoms with Crippen LogP contribution in [0.15, 0.2) is 22.8 Å². The van der Waals surface area contributed by atoms with Gasteiger partial charge in [0.25, 0.3) is 0 Å². The Morgan fingerprint density at radius 1 is 1.54 bits per heavy atom. The zero-order valence-corrected chi connectivity index (χ0v) is 8.05. The van der Waals surface area contributed by atoms with Crippen LogP contribution in [0.25, 0.3) is 0 Å². The minimum absolute atomic E-state index is 0.191. The second-order valence-corrected chi connectivity index (χ2v) is 3.09. The molecule has 2 nitrogen and oxygen atoms in total. The van der Waals surface area contributed by atoms with E-state index in [1.807, 2.05) is 0 Å². The molecule has 70 valence electrons. The molecule has 1 aliphatic heterocycles. The summed E-state index contributed by atoms with van der Waals surface area (Å²) >= 11 is 3.03. The smallest absolute Gasteiger partial charge is 0.106 e. The first-order valence-corrected chi connectivity index (χ1v) is 4.33. The number of ether oxygens (including phenoxy) is 1. The lowest BCUT2D eigenvalue weighted by Gasteiger charge is -2.21. The number of aromatic nitrogens is 1. The van der Waals surface area contributed by atoms with E-state index in [9.17, 15) is 0 Å². The first-order valence-electron chi connectivity index (χ1n) is 8.04. The molecule has 0 aromatic carbocycles. The van der Waals surface area contributed by atoms with Gasteiger partial charge in [0, 0.05) is 31.6 Å². The summed E-state index contributed by atoms with van der Waals surface area (Å²) in [6, 6.07) is 4.01. The third-order valence-corrected chi connectivity index (χ3v) is 1.87. The van der Waals surface area contributed by atoms with Gasteiger partial charge >= 0.3 is 0 Å². The predicted molar refractivity (Wildman–Crippen MR) is 54.7 cm³/mol. The normalized spacial score (nSPS) is 47.0. The predicted octanol–water partition coefficient (Wildman–Crippen LogP) is 2.74. The number of rotatable bonds is 1. The molecule has 13 heavy (non-hydrogen) atoms. The summed E-state index contributed by atoms with van der Waals surface area (Å²) in [5, 5.41) is 0. The number of hydrogen-bond donors (Lipinski definition) is 0. The maximum atomic E-state index is 8.38. The number of halogens is 1. The van der Waals surface area contributed by atoms with Crippen LogP contribution in [0.4, 0.5) is 0 Å². The van der Waals surface area contributed by atoms with Crippen LogP contribution in [-0.2, 0) is 4.74 Å².